The second-order valence-corrected chi connectivity index (χ2v) is 7.04. The standard InChI is InChI=1S/C20H18N4O2S/c1-13(17-11-15-9-5-6-10-16(15)26-17)21-18(25)12-27-20-22-19(23-24-20)14-7-3-2-4-8-14/h2-11,13H,12H2,1H3,(H,21,25)(H,22,23,24)/t13-/m1/s1. The van der Waals surface area contributed by atoms with Gasteiger partial charge in [-0.3, -0.25) is 9.89 Å². The van der Waals surface area contributed by atoms with Crippen LogP contribution in [0.4, 0.5) is 0 Å². The van der Waals surface area contributed by atoms with Gasteiger partial charge in [-0.15, -0.1) is 5.10 Å². The molecule has 0 unspecified atom stereocenters. The molecule has 0 saturated heterocycles. The summed E-state index contributed by atoms with van der Waals surface area (Å²) in [5.41, 5.74) is 1.77. The van der Waals surface area contributed by atoms with Crippen molar-refractivity contribution < 1.29 is 9.21 Å². The van der Waals surface area contributed by atoms with Crippen LogP contribution in [0.15, 0.2) is 70.2 Å². The molecular formula is C20H18N4O2S. The van der Waals surface area contributed by atoms with E-state index in [2.05, 4.69) is 20.5 Å². The maximum atomic E-state index is 12.3. The van der Waals surface area contributed by atoms with Crippen LogP contribution in [0.5, 0.6) is 0 Å². The number of furan rings is 1. The minimum atomic E-state index is -0.211. The molecular weight excluding hydrogens is 360 g/mol. The maximum Gasteiger partial charge on any atom is 0.231 e. The fraction of sp³-hybridized carbons (Fsp3) is 0.150. The lowest BCUT2D eigenvalue weighted by Crippen LogP contribution is -2.27. The predicted molar refractivity (Wildman–Crippen MR) is 105 cm³/mol. The Bertz CT molecular complexity index is 1020. The van der Waals surface area contributed by atoms with Crippen molar-refractivity contribution in [3.63, 3.8) is 0 Å². The number of hydrogen-bond donors (Lipinski definition) is 2. The monoisotopic (exact) mass is 378 g/mol. The van der Waals surface area contributed by atoms with Crippen LogP contribution in [0.2, 0.25) is 0 Å². The van der Waals surface area contributed by atoms with E-state index in [1.165, 1.54) is 11.8 Å². The van der Waals surface area contributed by atoms with Gasteiger partial charge < -0.3 is 9.73 Å². The minimum Gasteiger partial charge on any atom is -0.459 e. The number of aromatic nitrogens is 3. The molecule has 0 radical (unpaired) electrons. The summed E-state index contributed by atoms with van der Waals surface area (Å²) in [6.45, 7) is 1.90. The van der Waals surface area contributed by atoms with Crippen molar-refractivity contribution in [3.8, 4) is 11.4 Å². The smallest absolute Gasteiger partial charge is 0.231 e. The van der Waals surface area contributed by atoms with Crippen molar-refractivity contribution in [1.82, 2.24) is 20.5 Å². The molecule has 0 bridgehead atoms. The molecule has 0 saturated carbocycles. The molecule has 2 heterocycles. The van der Waals surface area contributed by atoms with E-state index in [9.17, 15) is 4.79 Å². The molecule has 0 aliphatic heterocycles. The first-order chi connectivity index (χ1) is 13.2. The van der Waals surface area contributed by atoms with Crippen molar-refractivity contribution in [2.75, 3.05) is 5.75 Å². The number of rotatable bonds is 6. The summed E-state index contributed by atoms with van der Waals surface area (Å²) in [5.74, 6) is 1.56. The second kappa shape index (κ2) is 7.67. The van der Waals surface area contributed by atoms with E-state index in [4.69, 9.17) is 4.42 Å². The molecule has 136 valence electrons. The Kier molecular flexibility index (Phi) is 4.93. The molecule has 2 aromatic heterocycles. The number of carbonyl (C=O) groups is 1. The number of thioether (sulfide) groups is 1. The summed E-state index contributed by atoms with van der Waals surface area (Å²) in [7, 11) is 0. The maximum absolute atomic E-state index is 12.3. The number of carbonyl (C=O) groups excluding carboxylic acids is 1. The normalized spacial score (nSPS) is 12.2. The number of H-pyrrole nitrogens is 1. The van der Waals surface area contributed by atoms with Gasteiger partial charge in [-0.05, 0) is 19.1 Å². The first-order valence-corrected chi connectivity index (χ1v) is 9.56. The molecule has 4 aromatic rings. The zero-order valence-corrected chi connectivity index (χ0v) is 15.5. The molecule has 6 nitrogen and oxygen atoms in total. The lowest BCUT2D eigenvalue weighted by atomic mass is 10.2. The van der Waals surface area contributed by atoms with E-state index in [0.717, 1.165) is 22.3 Å². The average Bonchev–Trinajstić information content (AvgIpc) is 3.34. The SMILES string of the molecule is C[C@@H](NC(=O)CSc1n[nH]c(-c2ccccc2)n1)c1cc2ccccc2o1. The van der Waals surface area contributed by atoms with Gasteiger partial charge >= 0.3 is 0 Å². The molecule has 4 rings (SSSR count). The summed E-state index contributed by atoms with van der Waals surface area (Å²) < 4.78 is 5.79. The fourth-order valence-corrected chi connectivity index (χ4v) is 3.35. The third-order valence-corrected chi connectivity index (χ3v) is 4.94. The van der Waals surface area contributed by atoms with Crippen LogP contribution in [0.1, 0.15) is 18.7 Å². The van der Waals surface area contributed by atoms with Crippen molar-refractivity contribution >= 4 is 28.6 Å². The van der Waals surface area contributed by atoms with Crippen molar-refractivity contribution in [2.45, 2.75) is 18.1 Å². The minimum absolute atomic E-state index is 0.0981. The highest BCUT2D eigenvalue weighted by atomic mass is 32.2. The van der Waals surface area contributed by atoms with Gasteiger partial charge in [0.15, 0.2) is 5.82 Å². The van der Waals surface area contributed by atoms with Gasteiger partial charge in [0, 0.05) is 10.9 Å². The third kappa shape index (κ3) is 4.03. The Balaban J connectivity index is 1.33. The van der Waals surface area contributed by atoms with Crippen LogP contribution in [-0.2, 0) is 4.79 Å². The first kappa shape index (κ1) is 17.4. The summed E-state index contributed by atoms with van der Waals surface area (Å²) in [4.78, 5) is 16.7. The second-order valence-electron chi connectivity index (χ2n) is 6.10. The Morgan fingerprint density at radius 1 is 1.19 bits per heavy atom. The zero-order chi connectivity index (χ0) is 18.6. The molecule has 1 amide bonds. The molecule has 0 fully saturated rings. The highest BCUT2D eigenvalue weighted by Gasteiger charge is 2.15. The molecule has 2 aromatic carbocycles. The van der Waals surface area contributed by atoms with Gasteiger partial charge in [-0.1, -0.05) is 60.3 Å². The van der Waals surface area contributed by atoms with Crippen LogP contribution in [0, 0.1) is 0 Å². The van der Waals surface area contributed by atoms with Gasteiger partial charge in [0.05, 0.1) is 11.8 Å². The number of amides is 1. The lowest BCUT2D eigenvalue weighted by Gasteiger charge is -2.10. The Hall–Kier alpha value is -3.06. The summed E-state index contributed by atoms with van der Waals surface area (Å²) in [6.07, 6.45) is 0. The van der Waals surface area contributed by atoms with Gasteiger partial charge in [0.25, 0.3) is 0 Å². The topological polar surface area (TPSA) is 83.8 Å². The van der Waals surface area contributed by atoms with Gasteiger partial charge in [0.1, 0.15) is 11.3 Å². The Labute approximate surface area is 160 Å². The largest absolute Gasteiger partial charge is 0.459 e. The number of fused-ring (bicyclic) bond motifs is 1. The molecule has 0 aliphatic carbocycles. The fourth-order valence-electron chi connectivity index (χ4n) is 2.74. The van der Waals surface area contributed by atoms with E-state index in [1.54, 1.807) is 0 Å². The van der Waals surface area contributed by atoms with Gasteiger partial charge in [-0.25, -0.2) is 4.98 Å². The number of hydrogen-bond acceptors (Lipinski definition) is 5. The van der Waals surface area contributed by atoms with Gasteiger partial charge in [-0.2, -0.15) is 0 Å². The van der Waals surface area contributed by atoms with E-state index >= 15 is 0 Å². The highest BCUT2D eigenvalue weighted by Crippen LogP contribution is 2.24. The zero-order valence-electron chi connectivity index (χ0n) is 14.7. The summed E-state index contributed by atoms with van der Waals surface area (Å²) in [6, 6.07) is 19.3. The molecule has 2 N–H and O–H groups in total. The first-order valence-electron chi connectivity index (χ1n) is 8.57. The average molecular weight is 378 g/mol. The van der Waals surface area contributed by atoms with E-state index < -0.39 is 0 Å². The predicted octanol–water partition coefficient (Wildman–Crippen LogP) is 4.19. The summed E-state index contributed by atoms with van der Waals surface area (Å²) in [5, 5.41) is 11.6. The van der Waals surface area contributed by atoms with Crippen molar-refractivity contribution in [2.24, 2.45) is 0 Å². The van der Waals surface area contributed by atoms with Crippen molar-refractivity contribution in [1.29, 1.82) is 0 Å². The number of aromatic amines is 1. The van der Waals surface area contributed by atoms with E-state index in [-0.39, 0.29) is 17.7 Å². The number of nitrogens with zero attached hydrogens (tertiary/aromatic N) is 2. The molecule has 1 atom stereocenters. The van der Waals surface area contributed by atoms with Crippen molar-refractivity contribution in [3.05, 3.63) is 66.4 Å². The number of benzene rings is 2. The van der Waals surface area contributed by atoms with Crippen LogP contribution >= 0.6 is 11.8 Å². The third-order valence-electron chi connectivity index (χ3n) is 4.09. The molecule has 7 heteroatoms. The number of para-hydroxylation sites is 1. The molecule has 0 spiro atoms. The van der Waals surface area contributed by atoms with Gasteiger partial charge in [0.2, 0.25) is 11.1 Å². The van der Waals surface area contributed by atoms with Crippen LogP contribution in [0.3, 0.4) is 0 Å². The number of nitrogens with one attached hydrogen (secondary N) is 2. The Morgan fingerprint density at radius 3 is 2.78 bits per heavy atom. The van der Waals surface area contributed by atoms with Crippen LogP contribution < -0.4 is 5.32 Å². The lowest BCUT2D eigenvalue weighted by molar-refractivity contribution is -0.119. The Morgan fingerprint density at radius 2 is 1.96 bits per heavy atom. The molecule has 27 heavy (non-hydrogen) atoms. The van der Waals surface area contributed by atoms with E-state index in [0.29, 0.717) is 11.0 Å². The summed E-state index contributed by atoms with van der Waals surface area (Å²) >= 11 is 1.29. The van der Waals surface area contributed by atoms with Crippen LogP contribution in [0.25, 0.3) is 22.4 Å². The molecule has 0 aliphatic rings. The van der Waals surface area contributed by atoms with Crippen LogP contribution in [-0.4, -0.2) is 26.8 Å². The quantitative estimate of drug-likeness (QED) is 0.492. The van der Waals surface area contributed by atoms with E-state index in [1.807, 2.05) is 67.6 Å². The highest BCUT2D eigenvalue weighted by molar-refractivity contribution is 7.99.